The van der Waals surface area contributed by atoms with Crippen LogP contribution in [0.2, 0.25) is 0 Å². The molecular weight excluding hydrogens is 344 g/mol. The van der Waals surface area contributed by atoms with Gasteiger partial charge in [0.05, 0.1) is 17.4 Å². The van der Waals surface area contributed by atoms with Crippen LogP contribution in [0.5, 0.6) is 0 Å². The molecule has 1 aromatic carbocycles. The molecule has 0 aromatic heterocycles. The first-order chi connectivity index (χ1) is 11.3. The Hall–Kier alpha value is -2.04. The zero-order valence-electron chi connectivity index (χ0n) is 13.5. The van der Waals surface area contributed by atoms with Crippen molar-refractivity contribution in [3.63, 3.8) is 0 Å². The highest BCUT2D eigenvalue weighted by Gasteiger charge is 2.24. The van der Waals surface area contributed by atoms with Gasteiger partial charge in [-0.15, -0.1) is 0 Å². The van der Waals surface area contributed by atoms with Gasteiger partial charge in [-0.1, -0.05) is 23.9 Å². The van der Waals surface area contributed by atoms with Gasteiger partial charge in [0, 0.05) is 0 Å². The maximum atomic E-state index is 12.0. The van der Waals surface area contributed by atoms with Crippen molar-refractivity contribution in [2.24, 2.45) is 4.99 Å². The van der Waals surface area contributed by atoms with Crippen LogP contribution in [0.15, 0.2) is 35.0 Å². The smallest absolute Gasteiger partial charge is 0.316 e. The maximum Gasteiger partial charge on any atom is 0.316 e. The number of hydrogen-bond donors (Lipinski definition) is 0. The highest BCUT2D eigenvalue weighted by Crippen LogP contribution is 2.31. The van der Waals surface area contributed by atoms with Gasteiger partial charge in [0.15, 0.2) is 0 Å². The van der Waals surface area contributed by atoms with E-state index in [9.17, 15) is 9.59 Å². The second kappa shape index (κ2) is 7.69. The van der Waals surface area contributed by atoms with Crippen molar-refractivity contribution in [1.29, 1.82) is 5.26 Å². The Labute approximate surface area is 149 Å². The number of thioether (sulfide) groups is 2. The van der Waals surface area contributed by atoms with E-state index in [-0.39, 0.29) is 16.8 Å². The van der Waals surface area contributed by atoms with Crippen molar-refractivity contribution in [3.8, 4) is 6.07 Å². The molecule has 0 spiro atoms. The number of nitriles is 1. The predicted octanol–water partition coefficient (Wildman–Crippen LogP) is 3.60. The molecule has 1 aliphatic rings. The fourth-order valence-electron chi connectivity index (χ4n) is 1.75. The van der Waals surface area contributed by atoms with Crippen LogP contribution < -0.4 is 0 Å². The van der Waals surface area contributed by atoms with Crippen molar-refractivity contribution in [3.05, 3.63) is 41.1 Å². The number of ether oxygens (including phenoxy) is 1. The van der Waals surface area contributed by atoms with Crippen LogP contribution >= 0.6 is 23.5 Å². The normalized spacial score (nSPS) is 16.0. The van der Waals surface area contributed by atoms with Gasteiger partial charge in [-0.2, -0.15) is 5.26 Å². The Bertz CT molecular complexity index is 754. The molecule has 7 heteroatoms. The summed E-state index contributed by atoms with van der Waals surface area (Å²) in [6.45, 7) is 5.41. The first-order valence-corrected chi connectivity index (χ1v) is 8.94. The zero-order chi connectivity index (χ0) is 17.7. The third-order valence-electron chi connectivity index (χ3n) is 2.68. The van der Waals surface area contributed by atoms with Gasteiger partial charge in [0.2, 0.25) is 5.12 Å². The van der Waals surface area contributed by atoms with Crippen molar-refractivity contribution in [2.45, 2.75) is 26.4 Å². The average molecular weight is 360 g/mol. The molecule has 0 fully saturated rings. The van der Waals surface area contributed by atoms with Gasteiger partial charge in [0.1, 0.15) is 15.7 Å². The Morgan fingerprint density at radius 2 is 2.04 bits per heavy atom. The molecule has 2 rings (SSSR count). The Kier molecular flexibility index (Phi) is 5.86. The van der Waals surface area contributed by atoms with Gasteiger partial charge in [-0.05, 0) is 56.3 Å². The summed E-state index contributed by atoms with van der Waals surface area (Å²) >= 11 is 2.20. The summed E-state index contributed by atoms with van der Waals surface area (Å²) in [5, 5.41) is 8.62. The van der Waals surface area contributed by atoms with Gasteiger partial charge >= 0.3 is 5.97 Å². The van der Waals surface area contributed by atoms with E-state index < -0.39 is 5.60 Å². The van der Waals surface area contributed by atoms with Crippen LogP contribution in [0.4, 0.5) is 0 Å². The number of nitrogens with zero attached hydrogens (tertiary/aromatic N) is 2. The lowest BCUT2D eigenvalue weighted by molar-refractivity contribution is -0.151. The van der Waals surface area contributed by atoms with Gasteiger partial charge < -0.3 is 4.74 Å². The molecule has 1 aliphatic heterocycles. The van der Waals surface area contributed by atoms with Gasteiger partial charge in [0.25, 0.3) is 0 Å². The van der Waals surface area contributed by atoms with E-state index in [1.54, 1.807) is 51.1 Å². The van der Waals surface area contributed by atoms with E-state index in [0.29, 0.717) is 15.6 Å². The van der Waals surface area contributed by atoms with Gasteiger partial charge in [-0.25, -0.2) is 4.99 Å². The summed E-state index contributed by atoms with van der Waals surface area (Å²) in [7, 11) is 0. The van der Waals surface area contributed by atoms with Crippen LogP contribution in [-0.2, 0) is 14.3 Å². The zero-order valence-corrected chi connectivity index (χ0v) is 15.2. The maximum absolute atomic E-state index is 12.0. The summed E-state index contributed by atoms with van der Waals surface area (Å²) in [5.74, 6) is -0.228. The van der Waals surface area contributed by atoms with Crippen LogP contribution in [0.25, 0.3) is 6.08 Å². The Morgan fingerprint density at radius 3 is 2.62 bits per heavy atom. The second-order valence-electron chi connectivity index (χ2n) is 5.91. The van der Waals surface area contributed by atoms with E-state index >= 15 is 0 Å². The summed E-state index contributed by atoms with van der Waals surface area (Å²) in [5.41, 5.74) is 1.15. The molecule has 1 aromatic rings. The molecule has 0 aliphatic carbocycles. The van der Waals surface area contributed by atoms with E-state index in [1.165, 1.54) is 11.8 Å². The lowest BCUT2D eigenvalue weighted by Crippen LogP contribution is -2.25. The SMILES string of the molecule is CC(C)(C)OC(=O)CSC1=NC(=Cc2ccc(C#N)cc2)C(=O)S1. The van der Waals surface area contributed by atoms with E-state index in [2.05, 4.69) is 4.99 Å². The molecule has 124 valence electrons. The Balaban J connectivity index is 2.00. The minimum atomic E-state index is -0.529. The van der Waals surface area contributed by atoms with Crippen molar-refractivity contribution in [1.82, 2.24) is 0 Å². The van der Waals surface area contributed by atoms with Gasteiger partial charge in [-0.3, -0.25) is 9.59 Å². The molecule has 0 saturated heterocycles. The molecular formula is C17H16N2O3S2. The quantitative estimate of drug-likeness (QED) is 0.605. The number of rotatable bonds is 3. The minimum Gasteiger partial charge on any atom is -0.459 e. The lowest BCUT2D eigenvalue weighted by Gasteiger charge is -2.19. The first kappa shape index (κ1) is 18.3. The summed E-state index contributed by atoms with van der Waals surface area (Å²) in [6.07, 6.45) is 1.66. The Morgan fingerprint density at radius 1 is 1.38 bits per heavy atom. The topological polar surface area (TPSA) is 79.5 Å². The van der Waals surface area contributed by atoms with Crippen LogP contribution in [0.3, 0.4) is 0 Å². The fourth-order valence-corrected chi connectivity index (χ4v) is 3.37. The number of carbonyl (C=O) groups is 2. The molecule has 0 radical (unpaired) electrons. The molecule has 0 saturated carbocycles. The number of aliphatic imine (C=N–C) groups is 1. The number of esters is 1. The van der Waals surface area contributed by atoms with Crippen molar-refractivity contribution in [2.75, 3.05) is 5.75 Å². The third-order valence-corrected chi connectivity index (χ3v) is 4.66. The molecule has 0 unspecified atom stereocenters. The molecule has 0 bridgehead atoms. The van der Waals surface area contributed by atoms with Crippen LogP contribution in [0.1, 0.15) is 31.9 Å². The van der Waals surface area contributed by atoms with Crippen molar-refractivity contribution < 1.29 is 14.3 Å². The summed E-state index contributed by atoms with van der Waals surface area (Å²) < 4.78 is 5.75. The molecule has 5 nitrogen and oxygen atoms in total. The lowest BCUT2D eigenvalue weighted by atomic mass is 10.1. The van der Waals surface area contributed by atoms with Crippen molar-refractivity contribution >= 4 is 45.1 Å². The van der Waals surface area contributed by atoms with E-state index in [4.69, 9.17) is 10.00 Å². The highest BCUT2D eigenvalue weighted by molar-refractivity contribution is 8.45. The molecule has 0 atom stereocenters. The highest BCUT2D eigenvalue weighted by atomic mass is 32.2. The fraction of sp³-hybridized carbons (Fsp3) is 0.294. The van der Waals surface area contributed by atoms with Crippen LogP contribution in [0, 0.1) is 11.3 Å². The predicted molar refractivity (Wildman–Crippen MR) is 97.5 cm³/mol. The number of hydrogen-bond acceptors (Lipinski definition) is 7. The monoisotopic (exact) mass is 360 g/mol. The largest absolute Gasteiger partial charge is 0.459 e. The minimum absolute atomic E-state index is 0.112. The first-order valence-electron chi connectivity index (χ1n) is 7.14. The summed E-state index contributed by atoms with van der Waals surface area (Å²) in [4.78, 5) is 27.9. The summed E-state index contributed by atoms with van der Waals surface area (Å²) in [6, 6.07) is 8.91. The number of carbonyl (C=O) groups excluding carboxylic acids is 2. The van der Waals surface area contributed by atoms with Crippen LogP contribution in [-0.4, -0.2) is 26.8 Å². The third kappa shape index (κ3) is 5.55. The molecule has 1 heterocycles. The second-order valence-corrected chi connectivity index (χ2v) is 8.09. The molecule has 0 N–H and O–H groups in total. The van der Waals surface area contributed by atoms with E-state index in [0.717, 1.165) is 17.3 Å². The number of benzene rings is 1. The average Bonchev–Trinajstić information content (AvgIpc) is 2.84. The van der Waals surface area contributed by atoms with E-state index in [1.807, 2.05) is 6.07 Å². The standard InChI is InChI=1S/C17H16N2O3S2/c1-17(2,3)22-14(20)10-23-16-19-13(15(21)24-16)8-11-4-6-12(9-18)7-5-11/h4-8H,10H2,1-3H3. The molecule has 0 amide bonds. The molecule has 24 heavy (non-hydrogen) atoms.